The van der Waals surface area contributed by atoms with Crippen molar-refractivity contribution in [2.24, 2.45) is 0 Å². The van der Waals surface area contributed by atoms with Crippen molar-refractivity contribution in [3.63, 3.8) is 0 Å². The Bertz CT molecular complexity index is 494. The molecule has 2 heterocycles. The van der Waals surface area contributed by atoms with E-state index in [9.17, 15) is 13.2 Å². The third-order valence-corrected chi connectivity index (χ3v) is 5.21. The lowest BCUT2D eigenvalue weighted by atomic mass is 10.3. The van der Waals surface area contributed by atoms with Crippen molar-refractivity contribution in [3.8, 4) is 0 Å². The van der Waals surface area contributed by atoms with Crippen LogP contribution in [0.5, 0.6) is 0 Å². The van der Waals surface area contributed by atoms with Crippen LogP contribution in [0.15, 0.2) is 22.8 Å². The summed E-state index contributed by atoms with van der Waals surface area (Å²) in [7, 11) is -3.27. The van der Waals surface area contributed by atoms with E-state index in [4.69, 9.17) is 4.42 Å². The van der Waals surface area contributed by atoms with Crippen LogP contribution in [0.25, 0.3) is 0 Å². The van der Waals surface area contributed by atoms with Crippen LogP contribution >= 0.6 is 11.8 Å². The molecule has 1 aliphatic heterocycles. The quantitative estimate of drug-likeness (QED) is 0.800. The van der Waals surface area contributed by atoms with Crippen molar-refractivity contribution in [2.45, 2.75) is 5.37 Å². The van der Waals surface area contributed by atoms with Crippen LogP contribution in [0.2, 0.25) is 0 Å². The van der Waals surface area contributed by atoms with Gasteiger partial charge in [0.05, 0.1) is 6.26 Å². The molecule has 1 fully saturated rings. The van der Waals surface area contributed by atoms with E-state index in [0.29, 0.717) is 12.3 Å². The molecule has 2 rings (SSSR count). The van der Waals surface area contributed by atoms with Gasteiger partial charge in [-0.05, 0) is 12.1 Å². The first-order chi connectivity index (χ1) is 8.00. The van der Waals surface area contributed by atoms with Crippen molar-refractivity contribution in [3.05, 3.63) is 24.2 Å². The average Bonchev–Trinajstić information content (AvgIpc) is 2.80. The first kappa shape index (κ1) is 12.5. The van der Waals surface area contributed by atoms with Crippen LogP contribution in [-0.4, -0.2) is 48.9 Å². The van der Waals surface area contributed by atoms with Gasteiger partial charge in [-0.1, -0.05) is 0 Å². The highest BCUT2D eigenvalue weighted by Crippen LogP contribution is 2.22. The maximum absolute atomic E-state index is 12.1. The average molecular weight is 275 g/mol. The molecule has 0 N–H and O–H groups in total. The molecule has 0 aliphatic carbocycles. The summed E-state index contributed by atoms with van der Waals surface area (Å²) < 4.78 is 28.3. The van der Waals surface area contributed by atoms with E-state index in [2.05, 4.69) is 0 Å². The van der Waals surface area contributed by atoms with E-state index in [1.54, 1.807) is 23.9 Å². The summed E-state index contributed by atoms with van der Waals surface area (Å²) >= 11 is 1.54. The lowest BCUT2D eigenvalue weighted by molar-refractivity contribution is 0.0717. The van der Waals surface area contributed by atoms with Gasteiger partial charge in [-0.2, -0.15) is 11.8 Å². The van der Waals surface area contributed by atoms with Crippen LogP contribution in [0.4, 0.5) is 0 Å². The summed E-state index contributed by atoms with van der Waals surface area (Å²) in [4.78, 5) is 13.5. The van der Waals surface area contributed by atoms with Gasteiger partial charge in [0.2, 0.25) is 0 Å². The summed E-state index contributed by atoms with van der Waals surface area (Å²) in [6, 6.07) is 3.16. The summed E-state index contributed by atoms with van der Waals surface area (Å²) in [6.45, 7) is 0.432. The van der Waals surface area contributed by atoms with Gasteiger partial charge in [-0.25, -0.2) is 8.42 Å². The largest absolute Gasteiger partial charge is 0.459 e. The van der Waals surface area contributed by atoms with Gasteiger partial charge >= 0.3 is 0 Å². The molecular weight excluding hydrogens is 262 g/mol. The number of sulfone groups is 1. The Morgan fingerprint density at radius 3 is 2.94 bits per heavy atom. The Morgan fingerprint density at radius 2 is 2.35 bits per heavy atom. The Labute approximate surface area is 104 Å². The smallest absolute Gasteiger partial charge is 0.290 e. The molecule has 1 unspecified atom stereocenters. The molecule has 0 bridgehead atoms. The number of carbonyl (C=O) groups is 1. The molecule has 0 aromatic carbocycles. The second-order valence-corrected chi connectivity index (χ2v) is 7.19. The first-order valence-corrected chi connectivity index (χ1v) is 8.22. The molecule has 0 radical (unpaired) electrons. The highest BCUT2D eigenvalue weighted by molar-refractivity contribution is 8.00. The van der Waals surface area contributed by atoms with E-state index in [-0.39, 0.29) is 11.7 Å². The fourth-order valence-corrected chi connectivity index (χ4v) is 4.52. The van der Waals surface area contributed by atoms with Crippen molar-refractivity contribution in [2.75, 3.05) is 24.3 Å². The molecule has 0 saturated carbocycles. The molecule has 7 heteroatoms. The zero-order valence-electron chi connectivity index (χ0n) is 9.33. The van der Waals surface area contributed by atoms with E-state index >= 15 is 0 Å². The van der Waals surface area contributed by atoms with Gasteiger partial charge in [0.15, 0.2) is 15.6 Å². The zero-order valence-corrected chi connectivity index (χ0v) is 11.0. The van der Waals surface area contributed by atoms with Crippen molar-refractivity contribution in [1.29, 1.82) is 0 Å². The van der Waals surface area contributed by atoms with Crippen molar-refractivity contribution < 1.29 is 17.6 Å². The third kappa shape index (κ3) is 2.66. The molecule has 1 saturated heterocycles. The molecule has 1 aromatic heterocycles. The lowest BCUT2D eigenvalue weighted by Crippen LogP contribution is -2.49. The third-order valence-electron chi connectivity index (χ3n) is 2.57. The Hall–Kier alpha value is -0.950. The summed E-state index contributed by atoms with van der Waals surface area (Å²) in [5, 5.41) is -0.751. The minimum atomic E-state index is -3.27. The number of hydrogen-bond acceptors (Lipinski definition) is 5. The zero-order chi connectivity index (χ0) is 12.5. The van der Waals surface area contributed by atoms with Crippen LogP contribution in [-0.2, 0) is 9.84 Å². The predicted octanol–water partition coefficient (Wildman–Crippen LogP) is 0.839. The number of thioether (sulfide) groups is 1. The topological polar surface area (TPSA) is 67.6 Å². The standard InChI is InChI=1S/C10H13NO4S2/c1-17(13,14)9-7-16-6-4-11(9)10(12)8-3-2-5-15-8/h2-3,5,9H,4,6-7H2,1H3. The van der Waals surface area contributed by atoms with Gasteiger partial charge in [0.25, 0.3) is 5.91 Å². The lowest BCUT2D eigenvalue weighted by Gasteiger charge is -2.33. The SMILES string of the molecule is CS(=O)(=O)C1CSCCN1C(=O)c1ccco1. The fourth-order valence-electron chi connectivity index (χ4n) is 1.71. The van der Waals surface area contributed by atoms with Gasteiger partial charge in [-0.3, -0.25) is 4.79 Å². The molecule has 0 spiro atoms. The molecule has 1 aromatic rings. The van der Waals surface area contributed by atoms with Crippen molar-refractivity contribution >= 4 is 27.5 Å². The Kier molecular flexibility index (Phi) is 3.48. The summed E-state index contributed by atoms with van der Waals surface area (Å²) in [5.74, 6) is 1.00. The van der Waals surface area contributed by atoms with Crippen LogP contribution < -0.4 is 0 Å². The number of nitrogens with zero attached hydrogens (tertiary/aromatic N) is 1. The Balaban J connectivity index is 2.26. The minimum absolute atomic E-state index is 0.186. The Morgan fingerprint density at radius 1 is 1.59 bits per heavy atom. The monoisotopic (exact) mass is 275 g/mol. The van der Waals surface area contributed by atoms with Gasteiger partial charge in [0.1, 0.15) is 5.37 Å². The van der Waals surface area contributed by atoms with Gasteiger partial charge < -0.3 is 9.32 Å². The van der Waals surface area contributed by atoms with Crippen molar-refractivity contribution in [1.82, 2.24) is 4.90 Å². The maximum Gasteiger partial charge on any atom is 0.290 e. The molecule has 1 aliphatic rings. The van der Waals surface area contributed by atoms with Gasteiger partial charge in [0, 0.05) is 24.3 Å². The van der Waals surface area contributed by atoms with Gasteiger partial charge in [-0.15, -0.1) is 0 Å². The predicted molar refractivity (Wildman–Crippen MR) is 65.7 cm³/mol. The highest BCUT2D eigenvalue weighted by Gasteiger charge is 2.35. The summed E-state index contributed by atoms with van der Waals surface area (Å²) in [6.07, 6.45) is 2.56. The molecule has 17 heavy (non-hydrogen) atoms. The van der Waals surface area contributed by atoms with E-state index in [1.807, 2.05) is 0 Å². The second kappa shape index (κ2) is 4.73. The number of carbonyl (C=O) groups excluding carboxylic acids is 1. The maximum atomic E-state index is 12.1. The number of furan rings is 1. The molecule has 1 atom stereocenters. The normalized spacial score (nSPS) is 21.5. The first-order valence-electron chi connectivity index (χ1n) is 5.11. The molecule has 94 valence electrons. The molecule has 1 amide bonds. The van der Waals surface area contributed by atoms with Crippen LogP contribution in [0.1, 0.15) is 10.6 Å². The number of hydrogen-bond donors (Lipinski definition) is 0. The van der Waals surface area contributed by atoms with Crippen LogP contribution in [0.3, 0.4) is 0 Å². The molecule has 5 nitrogen and oxygen atoms in total. The molecular formula is C10H13NO4S2. The van der Waals surface area contributed by atoms with Crippen LogP contribution in [0, 0.1) is 0 Å². The fraction of sp³-hybridized carbons (Fsp3) is 0.500. The second-order valence-electron chi connectivity index (χ2n) is 3.83. The number of amides is 1. The highest BCUT2D eigenvalue weighted by atomic mass is 32.2. The van der Waals surface area contributed by atoms with E-state index < -0.39 is 15.2 Å². The van der Waals surface area contributed by atoms with E-state index in [1.165, 1.54) is 11.2 Å². The minimum Gasteiger partial charge on any atom is -0.459 e. The van der Waals surface area contributed by atoms with E-state index in [0.717, 1.165) is 12.0 Å². The summed E-state index contributed by atoms with van der Waals surface area (Å²) in [5.41, 5.74) is 0. The number of rotatable bonds is 2.